The van der Waals surface area contributed by atoms with Crippen LogP contribution in [0.4, 0.5) is 4.79 Å². The zero-order chi connectivity index (χ0) is 18.1. The van der Waals surface area contributed by atoms with Crippen molar-refractivity contribution in [3.63, 3.8) is 0 Å². The predicted octanol–water partition coefficient (Wildman–Crippen LogP) is 1.84. The van der Waals surface area contributed by atoms with E-state index in [0.29, 0.717) is 38.3 Å². The van der Waals surface area contributed by atoms with E-state index in [2.05, 4.69) is 10.6 Å². The van der Waals surface area contributed by atoms with Crippen LogP contribution in [0.2, 0.25) is 0 Å². The molecule has 4 rings (SSSR count). The summed E-state index contributed by atoms with van der Waals surface area (Å²) in [4.78, 5) is 38.9. The van der Waals surface area contributed by atoms with Gasteiger partial charge in [0.15, 0.2) is 0 Å². The number of nitrogens with zero attached hydrogens (tertiary/aromatic N) is 1. The summed E-state index contributed by atoms with van der Waals surface area (Å²) in [5, 5.41) is 6.02. The van der Waals surface area contributed by atoms with E-state index in [0.717, 1.165) is 18.4 Å². The van der Waals surface area contributed by atoms with Gasteiger partial charge >= 0.3 is 6.03 Å². The molecule has 0 bridgehead atoms. The van der Waals surface area contributed by atoms with Crippen molar-refractivity contribution in [2.75, 3.05) is 6.54 Å². The molecule has 2 saturated carbocycles. The maximum absolute atomic E-state index is 12.8. The normalized spacial score (nSPS) is 28.3. The molecule has 1 heterocycles. The van der Waals surface area contributed by atoms with E-state index in [1.807, 2.05) is 30.3 Å². The van der Waals surface area contributed by atoms with Crippen LogP contribution in [0.5, 0.6) is 0 Å². The van der Waals surface area contributed by atoms with Crippen LogP contribution in [-0.2, 0) is 16.0 Å². The van der Waals surface area contributed by atoms with E-state index in [-0.39, 0.29) is 35.7 Å². The first-order valence-corrected chi connectivity index (χ1v) is 9.58. The highest BCUT2D eigenvalue weighted by molar-refractivity contribution is 5.99. The van der Waals surface area contributed by atoms with Crippen LogP contribution in [0.3, 0.4) is 0 Å². The van der Waals surface area contributed by atoms with Crippen LogP contribution in [0.15, 0.2) is 30.3 Å². The van der Waals surface area contributed by atoms with Crippen molar-refractivity contribution in [3.8, 4) is 0 Å². The van der Waals surface area contributed by atoms with Crippen LogP contribution in [0.25, 0.3) is 0 Å². The Morgan fingerprint density at radius 3 is 2.62 bits per heavy atom. The van der Waals surface area contributed by atoms with E-state index in [4.69, 9.17) is 0 Å². The summed E-state index contributed by atoms with van der Waals surface area (Å²) in [5.41, 5.74) is 1.11. The van der Waals surface area contributed by atoms with Crippen LogP contribution in [0.1, 0.15) is 37.7 Å². The molecule has 0 spiro atoms. The molecule has 1 aromatic rings. The first-order valence-electron chi connectivity index (χ1n) is 9.58. The van der Waals surface area contributed by atoms with Crippen LogP contribution in [-0.4, -0.2) is 41.4 Å². The Labute approximate surface area is 153 Å². The number of carbonyl (C=O) groups is 3. The lowest BCUT2D eigenvalue weighted by atomic mass is 9.76. The number of nitrogens with one attached hydrogen (secondary N) is 2. The SMILES string of the molecule is O=C(NC1CC1)C1CCC2C(=O)N(CCc3ccccc3)C(=O)NC2C1. The van der Waals surface area contributed by atoms with Crippen molar-refractivity contribution in [2.45, 2.75) is 50.6 Å². The van der Waals surface area contributed by atoms with E-state index in [1.54, 1.807) is 0 Å². The average Bonchev–Trinajstić information content (AvgIpc) is 3.46. The molecule has 1 saturated heterocycles. The Morgan fingerprint density at radius 1 is 1.12 bits per heavy atom. The van der Waals surface area contributed by atoms with Crippen molar-refractivity contribution < 1.29 is 14.4 Å². The summed E-state index contributed by atoms with van der Waals surface area (Å²) in [6, 6.07) is 9.66. The summed E-state index contributed by atoms with van der Waals surface area (Å²) in [6.45, 7) is 0.392. The molecule has 3 aliphatic rings. The minimum absolute atomic E-state index is 0.0826. The van der Waals surface area contributed by atoms with Gasteiger partial charge in [-0.3, -0.25) is 14.5 Å². The second-order valence-corrected chi connectivity index (χ2v) is 7.68. The van der Waals surface area contributed by atoms with Gasteiger partial charge in [0.25, 0.3) is 0 Å². The third-order valence-electron chi connectivity index (χ3n) is 5.75. The fourth-order valence-corrected chi connectivity index (χ4v) is 4.04. The smallest absolute Gasteiger partial charge is 0.324 e. The number of carbonyl (C=O) groups excluding carboxylic acids is 3. The number of hydrogen-bond donors (Lipinski definition) is 2. The van der Waals surface area contributed by atoms with Gasteiger partial charge in [0.1, 0.15) is 0 Å². The number of hydrogen-bond acceptors (Lipinski definition) is 3. The molecule has 0 radical (unpaired) electrons. The van der Waals surface area contributed by atoms with Gasteiger partial charge in [0, 0.05) is 24.5 Å². The predicted molar refractivity (Wildman–Crippen MR) is 96.2 cm³/mol. The third kappa shape index (κ3) is 3.59. The van der Waals surface area contributed by atoms with Crippen molar-refractivity contribution in [3.05, 3.63) is 35.9 Å². The molecule has 2 N–H and O–H groups in total. The van der Waals surface area contributed by atoms with Crippen molar-refractivity contribution in [2.24, 2.45) is 11.8 Å². The molecule has 3 unspecified atom stereocenters. The summed E-state index contributed by atoms with van der Waals surface area (Å²) in [7, 11) is 0. The molecule has 1 aromatic carbocycles. The Balaban J connectivity index is 1.36. The number of urea groups is 1. The van der Waals surface area contributed by atoms with E-state index in [1.165, 1.54) is 4.90 Å². The molecular weight excluding hydrogens is 330 g/mol. The first-order chi connectivity index (χ1) is 12.6. The maximum atomic E-state index is 12.8. The van der Waals surface area contributed by atoms with Crippen LogP contribution < -0.4 is 10.6 Å². The molecule has 3 fully saturated rings. The quantitative estimate of drug-likeness (QED) is 0.846. The number of fused-ring (bicyclic) bond motifs is 1. The minimum Gasteiger partial charge on any atom is -0.353 e. The Kier molecular flexibility index (Phi) is 4.66. The summed E-state index contributed by atoms with van der Waals surface area (Å²) < 4.78 is 0. The number of benzene rings is 1. The van der Waals surface area contributed by atoms with Crippen LogP contribution >= 0.6 is 0 Å². The Morgan fingerprint density at radius 2 is 1.88 bits per heavy atom. The van der Waals surface area contributed by atoms with E-state index in [9.17, 15) is 14.4 Å². The lowest BCUT2D eigenvalue weighted by Crippen LogP contribution is -2.62. The lowest BCUT2D eigenvalue weighted by molar-refractivity contribution is -0.139. The van der Waals surface area contributed by atoms with Crippen molar-refractivity contribution >= 4 is 17.8 Å². The molecule has 0 aromatic heterocycles. The summed E-state index contributed by atoms with van der Waals surface area (Å²) in [5.74, 6) is -0.302. The largest absolute Gasteiger partial charge is 0.353 e. The van der Waals surface area contributed by atoms with Gasteiger partial charge in [-0.25, -0.2) is 4.79 Å². The van der Waals surface area contributed by atoms with E-state index >= 15 is 0 Å². The zero-order valence-electron chi connectivity index (χ0n) is 14.8. The molecule has 6 heteroatoms. The van der Waals surface area contributed by atoms with Gasteiger partial charge in [-0.1, -0.05) is 30.3 Å². The fourth-order valence-electron chi connectivity index (χ4n) is 4.04. The second-order valence-electron chi connectivity index (χ2n) is 7.68. The highest BCUT2D eigenvalue weighted by Gasteiger charge is 2.45. The molecule has 3 atom stereocenters. The van der Waals surface area contributed by atoms with Gasteiger partial charge in [0.05, 0.1) is 5.92 Å². The fraction of sp³-hybridized carbons (Fsp3) is 0.550. The first kappa shape index (κ1) is 17.1. The molecule has 1 aliphatic heterocycles. The summed E-state index contributed by atoms with van der Waals surface area (Å²) >= 11 is 0. The van der Waals surface area contributed by atoms with Gasteiger partial charge < -0.3 is 10.6 Å². The summed E-state index contributed by atoms with van der Waals surface area (Å²) in [6.07, 6.45) is 4.73. The van der Waals surface area contributed by atoms with Gasteiger partial charge in [-0.05, 0) is 44.1 Å². The molecule has 138 valence electrons. The number of rotatable bonds is 5. The van der Waals surface area contributed by atoms with Crippen molar-refractivity contribution in [1.29, 1.82) is 0 Å². The maximum Gasteiger partial charge on any atom is 0.324 e. The topological polar surface area (TPSA) is 78.5 Å². The van der Waals surface area contributed by atoms with Crippen molar-refractivity contribution in [1.82, 2.24) is 15.5 Å². The lowest BCUT2D eigenvalue weighted by Gasteiger charge is -2.42. The monoisotopic (exact) mass is 355 g/mol. The Hall–Kier alpha value is -2.37. The highest BCUT2D eigenvalue weighted by atomic mass is 16.2. The molecule has 4 amide bonds. The molecule has 26 heavy (non-hydrogen) atoms. The van der Waals surface area contributed by atoms with Crippen LogP contribution in [0, 0.1) is 11.8 Å². The standard InChI is InChI=1S/C20H25N3O3/c24-18(21-15-7-8-15)14-6-9-16-17(12-14)22-20(26)23(19(16)25)11-10-13-4-2-1-3-5-13/h1-5,14-17H,6-12H2,(H,21,24)(H,22,26). The molecule has 6 nitrogen and oxygen atoms in total. The average molecular weight is 355 g/mol. The number of amides is 4. The third-order valence-corrected chi connectivity index (χ3v) is 5.75. The number of imide groups is 1. The van der Waals surface area contributed by atoms with E-state index < -0.39 is 0 Å². The Bertz CT molecular complexity index is 702. The minimum atomic E-state index is -0.324. The van der Waals surface area contributed by atoms with Gasteiger partial charge in [-0.2, -0.15) is 0 Å². The molecular formula is C20H25N3O3. The van der Waals surface area contributed by atoms with Gasteiger partial charge in [0.2, 0.25) is 11.8 Å². The van der Waals surface area contributed by atoms with Gasteiger partial charge in [-0.15, -0.1) is 0 Å². The highest BCUT2D eigenvalue weighted by Crippen LogP contribution is 2.34. The second kappa shape index (κ2) is 7.09. The molecule has 2 aliphatic carbocycles. The zero-order valence-corrected chi connectivity index (χ0v) is 14.8.